The molecule has 2 heterocycles. The molecule has 0 atom stereocenters. The summed E-state index contributed by atoms with van der Waals surface area (Å²) < 4.78 is 5.72. The van der Waals surface area contributed by atoms with Crippen molar-refractivity contribution in [2.24, 2.45) is 0 Å². The van der Waals surface area contributed by atoms with Crippen LogP contribution < -0.4 is 10.1 Å². The Morgan fingerprint density at radius 1 is 1.25 bits per heavy atom. The number of H-pyrrole nitrogens is 1. The van der Waals surface area contributed by atoms with Gasteiger partial charge in [-0.2, -0.15) is 5.10 Å². The van der Waals surface area contributed by atoms with Crippen molar-refractivity contribution in [2.45, 2.75) is 13.2 Å². The van der Waals surface area contributed by atoms with Crippen molar-refractivity contribution in [1.82, 2.24) is 15.5 Å². The third kappa shape index (κ3) is 2.63. The molecule has 1 aromatic heterocycles. The quantitative estimate of drug-likeness (QED) is 0.766. The second kappa shape index (κ2) is 6.02. The maximum absolute atomic E-state index is 12.5. The van der Waals surface area contributed by atoms with Gasteiger partial charge >= 0.3 is 0 Å². The number of rotatable bonds is 3. The van der Waals surface area contributed by atoms with Crippen LogP contribution in [-0.4, -0.2) is 16.1 Å². The third-order valence-electron chi connectivity index (χ3n) is 3.95. The van der Waals surface area contributed by atoms with E-state index < -0.39 is 0 Å². The smallest absolute Gasteiger partial charge is 0.270 e. The van der Waals surface area contributed by atoms with Crippen LogP contribution in [0.25, 0.3) is 11.3 Å². The Bertz CT molecular complexity index is 920. The summed E-state index contributed by atoms with van der Waals surface area (Å²) in [5.74, 6) is 0.564. The highest BCUT2D eigenvalue weighted by molar-refractivity contribution is 6.30. The Morgan fingerprint density at radius 3 is 3.00 bits per heavy atom. The van der Waals surface area contributed by atoms with E-state index in [1.54, 1.807) is 6.07 Å². The first-order chi connectivity index (χ1) is 11.7. The topological polar surface area (TPSA) is 67.0 Å². The van der Waals surface area contributed by atoms with Gasteiger partial charge in [-0.1, -0.05) is 35.9 Å². The van der Waals surface area contributed by atoms with Crippen LogP contribution in [0.3, 0.4) is 0 Å². The van der Waals surface area contributed by atoms with Crippen molar-refractivity contribution in [3.8, 4) is 17.0 Å². The van der Waals surface area contributed by atoms with Crippen LogP contribution in [0.1, 0.15) is 21.6 Å². The van der Waals surface area contributed by atoms with Crippen LogP contribution >= 0.6 is 11.6 Å². The number of amides is 1. The fourth-order valence-electron chi connectivity index (χ4n) is 2.77. The molecular weight excluding hydrogens is 326 g/mol. The van der Waals surface area contributed by atoms with Gasteiger partial charge in [-0.05, 0) is 29.8 Å². The molecule has 2 aromatic carbocycles. The van der Waals surface area contributed by atoms with E-state index in [1.807, 2.05) is 42.5 Å². The zero-order chi connectivity index (χ0) is 16.5. The van der Waals surface area contributed by atoms with E-state index in [0.717, 1.165) is 28.1 Å². The van der Waals surface area contributed by atoms with Gasteiger partial charge in [0.15, 0.2) is 0 Å². The lowest BCUT2D eigenvalue weighted by molar-refractivity contribution is 0.0943. The number of fused-ring (bicyclic) bond motifs is 3. The highest BCUT2D eigenvalue weighted by Gasteiger charge is 2.25. The molecule has 4 rings (SSSR count). The number of nitrogens with one attached hydrogen (secondary N) is 2. The molecule has 120 valence electrons. The standard InChI is InChI=1S/C18H14ClN3O2/c19-12-5-3-4-11(8-12)9-20-18(23)17-14-10-24-15-7-2-1-6-13(15)16(14)21-22-17/h1-8H,9-10H2,(H,20,23)(H,21,22). The molecule has 0 saturated heterocycles. The van der Waals surface area contributed by atoms with Crippen molar-refractivity contribution < 1.29 is 9.53 Å². The molecule has 0 aliphatic carbocycles. The van der Waals surface area contributed by atoms with E-state index >= 15 is 0 Å². The Hall–Kier alpha value is -2.79. The molecule has 1 aliphatic heterocycles. The van der Waals surface area contributed by atoms with Gasteiger partial charge in [0.25, 0.3) is 5.91 Å². The summed E-state index contributed by atoms with van der Waals surface area (Å²) in [4.78, 5) is 12.5. The first-order valence-corrected chi connectivity index (χ1v) is 7.92. The number of hydrogen-bond acceptors (Lipinski definition) is 3. The zero-order valence-corrected chi connectivity index (χ0v) is 13.4. The first-order valence-electron chi connectivity index (χ1n) is 7.54. The summed E-state index contributed by atoms with van der Waals surface area (Å²) >= 11 is 5.96. The van der Waals surface area contributed by atoms with Crippen LogP contribution in [0.4, 0.5) is 0 Å². The first kappa shape index (κ1) is 14.8. The maximum Gasteiger partial charge on any atom is 0.270 e. The number of para-hydroxylation sites is 1. The van der Waals surface area contributed by atoms with Gasteiger partial charge in [0.1, 0.15) is 23.7 Å². The van der Waals surface area contributed by atoms with Gasteiger partial charge in [-0.15, -0.1) is 0 Å². The van der Waals surface area contributed by atoms with Crippen LogP contribution in [0.5, 0.6) is 5.75 Å². The molecule has 24 heavy (non-hydrogen) atoms. The van der Waals surface area contributed by atoms with E-state index in [4.69, 9.17) is 16.3 Å². The van der Waals surface area contributed by atoms with Gasteiger partial charge in [-0.3, -0.25) is 9.89 Å². The predicted molar refractivity (Wildman–Crippen MR) is 91.0 cm³/mol. The molecule has 6 heteroatoms. The van der Waals surface area contributed by atoms with Crippen molar-refractivity contribution in [3.63, 3.8) is 0 Å². The third-order valence-corrected chi connectivity index (χ3v) is 4.19. The van der Waals surface area contributed by atoms with E-state index in [9.17, 15) is 4.79 Å². The maximum atomic E-state index is 12.5. The van der Waals surface area contributed by atoms with Gasteiger partial charge in [0.2, 0.25) is 0 Å². The van der Waals surface area contributed by atoms with Gasteiger partial charge in [-0.25, -0.2) is 0 Å². The van der Waals surface area contributed by atoms with E-state index in [0.29, 0.717) is 23.9 Å². The predicted octanol–water partition coefficient (Wildman–Crippen LogP) is 3.55. The van der Waals surface area contributed by atoms with Crippen LogP contribution in [0.15, 0.2) is 48.5 Å². The average Bonchev–Trinajstić information content (AvgIpc) is 3.04. The largest absolute Gasteiger partial charge is 0.488 e. The van der Waals surface area contributed by atoms with Crippen molar-refractivity contribution in [2.75, 3.05) is 0 Å². The summed E-state index contributed by atoms with van der Waals surface area (Å²) in [6.07, 6.45) is 0. The van der Waals surface area contributed by atoms with E-state index in [2.05, 4.69) is 15.5 Å². The second-order valence-corrected chi connectivity index (χ2v) is 5.96. The van der Waals surface area contributed by atoms with Gasteiger partial charge in [0, 0.05) is 22.7 Å². The molecule has 2 N–H and O–H groups in total. The van der Waals surface area contributed by atoms with Crippen LogP contribution in [0.2, 0.25) is 5.02 Å². The molecule has 0 fully saturated rings. The van der Waals surface area contributed by atoms with Crippen LogP contribution in [0, 0.1) is 0 Å². The van der Waals surface area contributed by atoms with E-state index in [1.165, 1.54) is 0 Å². The molecule has 1 aliphatic rings. The Morgan fingerprint density at radius 2 is 2.12 bits per heavy atom. The number of ether oxygens (including phenoxy) is 1. The minimum Gasteiger partial charge on any atom is -0.488 e. The molecule has 5 nitrogen and oxygen atoms in total. The lowest BCUT2D eigenvalue weighted by Gasteiger charge is -2.17. The summed E-state index contributed by atoms with van der Waals surface area (Å²) in [5, 5.41) is 10.7. The molecule has 0 saturated carbocycles. The second-order valence-electron chi connectivity index (χ2n) is 5.52. The number of nitrogens with zero attached hydrogens (tertiary/aromatic N) is 1. The van der Waals surface area contributed by atoms with E-state index in [-0.39, 0.29) is 5.91 Å². The summed E-state index contributed by atoms with van der Waals surface area (Å²) in [7, 11) is 0. The minimum absolute atomic E-state index is 0.216. The Kier molecular flexibility index (Phi) is 3.70. The number of carbonyl (C=O) groups excluding carboxylic acids is 1. The number of hydrogen-bond donors (Lipinski definition) is 2. The monoisotopic (exact) mass is 339 g/mol. The van der Waals surface area contributed by atoms with Crippen molar-refractivity contribution in [3.05, 3.63) is 70.4 Å². The summed E-state index contributed by atoms with van der Waals surface area (Å²) in [6.45, 7) is 0.716. The summed E-state index contributed by atoms with van der Waals surface area (Å²) in [5.41, 5.74) is 3.80. The van der Waals surface area contributed by atoms with Gasteiger partial charge < -0.3 is 10.1 Å². The number of aromatic nitrogens is 2. The molecule has 3 aromatic rings. The molecule has 0 unspecified atom stereocenters. The zero-order valence-electron chi connectivity index (χ0n) is 12.7. The SMILES string of the molecule is O=C(NCc1cccc(Cl)c1)c1[nH]nc2c1COc1ccccc1-2. The van der Waals surface area contributed by atoms with Crippen molar-refractivity contribution >= 4 is 17.5 Å². The minimum atomic E-state index is -0.216. The van der Waals surface area contributed by atoms with Gasteiger partial charge in [0.05, 0.1) is 0 Å². The Balaban J connectivity index is 1.56. The number of aromatic amines is 1. The molecule has 1 amide bonds. The summed E-state index contributed by atoms with van der Waals surface area (Å²) in [6, 6.07) is 15.0. The highest BCUT2D eigenvalue weighted by atomic mass is 35.5. The highest BCUT2D eigenvalue weighted by Crippen LogP contribution is 2.36. The lowest BCUT2D eigenvalue weighted by atomic mass is 10.0. The molecule has 0 spiro atoms. The lowest BCUT2D eigenvalue weighted by Crippen LogP contribution is -2.24. The number of benzene rings is 2. The molecular formula is C18H14ClN3O2. The average molecular weight is 340 g/mol. The molecule has 0 radical (unpaired) electrons. The Labute approximate surface area is 143 Å². The van der Waals surface area contributed by atoms with Crippen molar-refractivity contribution in [1.29, 1.82) is 0 Å². The number of carbonyl (C=O) groups is 1. The fraction of sp³-hybridized carbons (Fsp3) is 0.111. The normalized spacial score (nSPS) is 12.0. The number of halogens is 1. The van der Waals surface area contributed by atoms with Crippen LogP contribution in [-0.2, 0) is 13.2 Å². The fourth-order valence-corrected chi connectivity index (χ4v) is 2.98. The molecule has 0 bridgehead atoms.